The Kier molecular flexibility index (Phi) is 7.19. The summed E-state index contributed by atoms with van der Waals surface area (Å²) in [6.07, 6.45) is 0. The molecule has 3 rings (SSSR count). The zero-order chi connectivity index (χ0) is 25.2. The van der Waals surface area contributed by atoms with E-state index in [1.165, 1.54) is 36.8 Å². The lowest BCUT2D eigenvalue weighted by Gasteiger charge is -2.49. The fourth-order valence-electron chi connectivity index (χ4n) is 3.20. The number of hydrogen-bond acceptors (Lipinski definition) is 12. The maximum atomic E-state index is 13.0. The molecule has 2 aliphatic rings. The first kappa shape index (κ1) is 25.1. The number of aromatic nitrogens is 1. The van der Waals surface area contributed by atoms with E-state index in [9.17, 15) is 19.2 Å². The third-order valence-electron chi connectivity index (χ3n) is 4.54. The number of carbonyl (C=O) groups is 4. The Morgan fingerprint density at radius 2 is 2.09 bits per heavy atom. The molecule has 2 aliphatic heterocycles. The van der Waals surface area contributed by atoms with Crippen LogP contribution in [0.5, 0.6) is 0 Å². The molecule has 3 N–H and O–H groups in total. The van der Waals surface area contributed by atoms with Crippen LogP contribution in [-0.2, 0) is 33.5 Å². The molecule has 0 radical (unpaired) electrons. The molecule has 0 aliphatic carbocycles. The number of anilines is 1. The Hall–Kier alpha value is -3.55. The van der Waals surface area contributed by atoms with Gasteiger partial charge in [-0.1, -0.05) is 10.3 Å². The van der Waals surface area contributed by atoms with Gasteiger partial charge in [-0.15, -0.1) is 11.8 Å². The highest BCUT2D eigenvalue weighted by Gasteiger charge is 2.55. The van der Waals surface area contributed by atoms with Crippen molar-refractivity contribution < 1.29 is 38.0 Å². The second-order valence-corrected chi connectivity index (χ2v) is 9.44. The zero-order valence-electron chi connectivity index (χ0n) is 19.2. The standard InChI is InChI=1S/C20H25N5O8S/c1-9(26)31-7-10-8-34-18-14(17(28)25(18)15(10)19(29)32-20(2,3)4)22-16(27)13(24-30-5)11-6-12(21)23-33-11/h6,14,18H,7-8H2,1-5H3,(H2,21,23)(H,22,27)/t14?,18-/m0/s1. The molecule has 13 nitrogen and oxygen atoms in total. The van der Waals surface area contributed by atoms with Crippen LogP contribution in [-0.4, -0.2) is 76.0 Å². The van der Waals surface area contributed by atoms with E-state index in [2.05, 4.69) is 15.6 Å². The number of β-lactam (4-membered cyclic amide) rings is 1. The quantitative estimate of drug-likeness (QED) is 0.228. The van der Waals surface area contributed by atoms with Gasteiger partial charge in [0.2, 0.25) is 5.71 Å². The van der Waals surface area contributed by atoms with Gasteiger partial charge in [0, 0.05) is 24.3 Å². The molecule has 1 saturated heterocycles. The summed E-state index contributed by atoms with van der Waals surface area (Å²) in [6, 6.07) is 0.319. The van der Waals surface area contributed by atoms with Crippen LogP contribution in [0, 0.1) is 0 Å². The lowest BCUT2D eigenvalue weighted by atomic mass is 10.0. The number of amides is 2. The van der Waals surface area contributed by atoms with Gasteiger partial charge >= 0.3 is 11.9 Å². The van der Waals surface area contributed by atoms with Crippen molar-refractivity contribution in [3.8, 4) is 0 Å². The molecule has 34 heavy (non-hydrogen) atoms. The molecule has 2 atom stereocenters. The number of carbonyl (C=O) groups excluding carboxylic acids is 4. The van der Waals surface area contributed by atoms with Crippen LogP contribution >= 0.6 is 11.8 Å². The van der Waals surface area contributed by atoms with Gasteiger partial charge in [0.25, 0.3) is 11.8 Å². The average Bonchev–Trinajstić information content (AvgIpc) is 3.17. The highest BCUT2D eigenvalue weighted by Crippen LogP contribution is 2.41. The van der Waals surface area contributed by atoms with Crippen LogP contribution in [0.15, 0.2) is 27.0 Å². The van der Waals surface area contributed by atoms with E-state index >= 15 is 0 Å². The van der Waals surface area contributed by atoms with Crippen LogP contribution in [0.4, 0.5) is 5.82 Å². The highest BCUT2D eigenvalue weighted by atomic mass is 32.2. The number of ether oxygens (including phenoxy) is 2. The van der Waals surface area contributed by atoms with Crippen LogP contribution < -0.4 is 11.1 Å². The molecule has 3 heterocycles. The third-order valence-corrected chi connectivity index (χ3v) is 5.87. The molecule has 1 aromatic rings. The van der Waals surface area contributed by atoms with Crippen molar-refractivity contribution in [2.24, 2.45) is 5.16 Å². The van der Waals surface area contributed by atoms with Crippen molar-refractivity contribution in [1.29, 1.82) is 0 Å². The van der Waals surface area contributed by atoms with Crippen molar-refractivity contribution in [2.75, 3.05) is 25.2 Å². The average molecular weight is 496 g/mol. The molecule has 1 unspecified atom stereocenters. The molecule has 184 valence electrons. The van der Waals surface area contributed by atoms with Crippen LogP contribution in [0.1, 0.15) is 33.5 Å². The predicted molar refractivity (Wildman–Crippen MR) is 119 cm³/mol. The lowest BCUT2D eigenvalue weighted by molar-refractivity contribution is -0.159. The molecule has 1 fully saturated rings. The molecule has 0 bridgehead atoms. The highest BCUT2D eigenvalue weighted by molar-refractivity contribution is 8.00. The summed E-state index contributed by atoms with van der Waals surface area (Å²) >= 11 is 1.30. The third kappa shape index (κ3) is 5.32. The Balaban J connectivity index is 1.83. The van der Waals surface area contributed by atoms with Crippen molar-refractivity contribution >= 4 is 47.0 Å². The topological polar surface area (TPSA) is 176 Å². The summed E-state index contributed by atoms with van der Waals surface area (Å²) in [6.45, 7) is 6.16. The first-order valence-electron chi connectivity index (χ1n) is 10.1. The summed E-state index contributed by atoms with van der Waals surface area (Å²) in [7, 11) is 1.24. The van der Waals surface area contributed by atoms with Gasteiger partial charge in [-0.3, -0.25) is 19.3 Å². The Bertz CT molecular complexity index is 1070. The number of hydrogen-bond donors (Lipinski definition) is 2. The van der Waals surface area contributed by atoms with Crippen LogP contribution in [0.25, 0.3) is 0 Å². The van der Waals surface area contributed by atoms with Gasteiger partial charge in [0.15, 0.2) is 11.6 Å². The van der Waals surface area contributed by atoms with E-state index in [0.29, 0.717) is 5.57 Å². The number of thioether (sulfide) groups is 1. The number of nitrogen functional groups attached to an aromatic ring is 1. The Morgan fingerprint density at radius 1 is 1.38 bits per heavy atom. The number of rotatable bonds is 7. The second-order valence-electron chi connectivity index (χ2n) is 8.33. The summed E-state index contributed by atoms with van der Waals surface area (Å²) in [5.74, 6) is -2.29. The molecule has 1 aromatic heterocycles. The van der Waals surface area contributed by atoms with Crippen LogP contribution in [0.2, 0.25) is 0 Å². The van der Waals surface area contributed by atoms with Gasteiger partial charge < -0.3 is 29.9 Å². The molecule has 0 saturated carbocycles. The van der Waals surface area contributed by atoms with Gasteiger partial charge in [0.1, 0.15) is 36.4 Å². The van der Waals surface area contributed by atoms with Gasteiger partial charge in [-0.25, -0.2) is 4.79 Å². The Morgan fingerprint density at radius 3 is 2.65 bits per heavy atom. The van der Waals surface area contributed by atoms with E-state index in [1.54, 1.807) is 20.8 Å². The summed E-state index contributed by atoms with van der Waals surface area (Å²) in [5.41, 5.74) is 4.88. The van der Waals surface area contributed by atoms with Gasteiger partial charge in [0.05, 0.1) is 0 Å². The number of nitrogens with one attached hydrogen (secondary N) is 1. The van der Waals surface area contributed by atoms with E-state index in [0.717, 1.165) is 0 Å². The maximum Gasteiger partial charge on any atom is 0.355 e. The van der Waals surface area contributed by atoms with Crippen molar-refractivity contribution in [3.05, 3.63) is 23.1 Å². The largest absolute Gasteiger partial charge is 0.461 e. The number of fused-ring (bicyclic) bond motifs is 1. The van der Waals surface area contributed by atoms with Crippen molar-refractivity contribution in [3.63, 3.8) is 0 Å². The van der Waals surface area contributed by atoms with Gasteiger partial charge in [-0.05, 0) is 20.8 Å². The fourth-order valence-corrected chi connectivity index (χ4v) is 4.52. The number of nitrogens with two attached hydrogens (primary N) is 1. The summed E-state index contributed by atoms with van der Waals surface area (Å²) < 4.78 is 15.5. The molecular formula is C20H25N5O8S. The lowest BCUT2D eigenvalue weighted by Crippen LogP contribution is -2.71. The molecule has 14 heteroatoms. The SMILES string of the molecule is CON=C(C(=O)NC1C(=O)N2C(C(=O)OC(C)(C)C)=C(COC(C)=O)CS[C@@H]12)c1cc(N)no1. The van der Waals surface area contributed by atoms with E-state index in [4.69, 9.17) is 24.6 Å². The first-order valence-corrected chi connectivity index (χ1v) is 11.2. The summed E-state index contributed by atoms with van der Waals surface area (Å²) in [5, 5.41) is 9.13. The smallest absolute Gasteiger partial charge is 0.355 e. The number of nitrogens with zero attached hydrogens (tertiary/aromatic N) is 3. The first-order chi connectivity index (χ1) is 15.9. The van der Waals surface area contributed by atoms with Crippen molar-refractivity contribution in [2.45, 2.75) is 44.7 Å². The number of esters is 2. The van der Waals surface area contributed by atoms with Crippen LogP contribution in [0.3, 0.4) is 0 Å². The molecule has 0 spiro atoms. The minimum atomic E-state index is -0.965. The summed E-state index contributed by atoms with van der Waals surface area (Å²) in [4.78, 5) is 56.0. The Labute approximate surface area is 199 Å². The molecule has 0 aromatic carbocycles. The minimum Gasteiger partial charge on any atom is -0.461 e. The normalized spacial score (nSPS) is 20.3. The van der Waals surface area contributed by atoms with E-state index in [-0.39, 0.29) is 35.3 Å². The monoisotopic (exact) mass is 495 g/mol. The minimum absolute atomic E-state index is 0.00390. The fraction of sp³-hybridized carbons (Fsp3) is 0.500. The predicted octanol–water partition coefficient (Wildman–Crippen LogP) is 0.166. The maximum absolute atomic E-state index is 13.0. The second kappa shape index (κ2) is 9.75. The van der Waals surface area contributed by atoms with E-state index < -0.39 is 40.8 Å². The van der Waals surface area contributed by atoms with Gasteiger partial charge in [-0.2, -0.15) is 0 Å². The molecule has 2 amide bonds. The van der Waals surface area contributed by atoms with E-state index in [1.807, 2.05) is 0 Å². The zero-order valence-corrected chi connectivity index (χ0v) is 20.1. The van der Waals surface area contributed by atoms with Crippen molar-refractivity contribution in [1.82, 2.24) is 15.4 Å². The number of oxime groups is 1. The molecular weight excluding hydrogens is 470 g/mol.